The third-order valence-corrected chi connectivity index (χ3v) is 5.63. The number of carbonyl (C=O) groups excluding carboxylic acids is 1. The predicted molar refractivity (Wildman–Crippen MR) is 120 cm³/mol. The fourth-order valence-electron chi connectivity index (χ4n) is 2.53. The summed E-state index contributed by atoms with van der Waals surface area (Å²) in [5.74, 6) is -1.79. The van der Waals surface area contributed by atoms with Crippen LogP contribution in [0.5, 0.6) is 11.5 Å². The van der Waals surface area contributed by atoms with Gasteiger partial charge in [0.1, 0.15) is 28.6 Å². The van der Waals surface area contributed by atoms with Crippen LogP contribution in [0.4, 0.5) is 26.3 Å². The maximum Gasteiger partial charge on any atom is 0.573 e. The second-order valence-electron chi connectivity index (χ2n) is 6.97. The monoisotopic (exact) mass is 606 g/mol. The molecular weight excluding hydrogens is 589 g/mol. The Morgan fingerprint density at radius 2 is 1.70 bits per heavy atom. The van der Waals surface area contributed by atoms with Gasteiger partial charge < -0.3 is 20.5 Å². The van der Waals surface area contributed by atoms with Crippen LogP contribution >= 0.6 is 34.8 Å². The number of hydrogen-bond donors (Lipinski definition) is 2. The standard InChI is InChI=1S/C20H17F6IN2O3S/c1-18(17(28)33,10-31-15-7-2-11(9-27)8-14(15)19(21,22)23)29-16(30)12-3-5-13(6-4-12)32-20(24,25)26/h2-8H,9-10H2,1H3,(H2,28,33)(H,29,30). The molecule has 1 amide bonds. The van der Waals surface area contributed by atoms with E-state index in [0.717, 1.165) is 36.4 Å². The molecule has 0 saturated heterocycles. The van der Waals surface area contributed by atoms with Gasteiger partial charge in [0.15, 0.2) is 0 Å². The number of hydrogen-bond acceptors (Lipinski definition) is 4. The van der Waals surface area contributed by atoms with E-state index in [1.54, 1.807) is 0 Å². The van der Waals surface area contributed by atoms with Crippen molar-refractivity contribution >= 4 is 45.7 Å². The highest BCUT2D eigenvalue weighted by Crippen LogP contribution is 2.37. The van der Waals surface area contributed by atoms with Crippen molar-refractivity contribution in [3.8, 4) is 11.5 Å². The molecule has 0 fully saturated rings. The molecule has 1 atom stereocenters. The molecule has 0 bridgehead atoms. The third kappa shape index (κ3) is 7.62. The first-order chi connectivity index (χ1) is 15.1. The van der Waals surface area contributed by atoms with Crippen molar-refractivity contribution in [3.05, 3.63) is 59.2 Å². The zero-order valence-corrected chi connectivity index (χ0v) is 19.8. The number of halogens is 7. The van der Waals surface area contributed by atoms with E-state index in [1.165, 1.54) is 13.0 Å². The quantitative estimate of drug-likeness (QED) is 0.183. The smallest absolute Gasteiger partial charge is 0.490 e. The van der Waals surface area contributed by atoms with Crippen LogP contribution in [0.2, 0.25) is 0 Å². The van der Waals surface area contributed by atoms with E-state index < -0.39 is 47.7 Å². The lowest BCUT2D eigenvalue weighted by molar-refractivity contribution is -0.274. The second kappa shape index (κ2) is 10.3. The zero-order chi connectivity index (χ0) is 25.0. The number of rotatable bonds is 8. The van der Waals surface area contributed by atoms with Crippen LogP contribution < -0.4 is 20.5 Å². The third-order valence-electron chi connectivity index (χ3n) is 4.30. The van der Waals surface area contributed by atoms with Gasteiger partial charge in [0, 0.05) is 9.99 Å². The summed E-state index contributed by atoms with van der Waals surface area (Å²) in [7, 11) is 0. The molecule has 0 saturated carbocycles. The highest BCUT2D eigenvalue weighted by atomic mass is 127. The molecule has 0 aromatic heterocycles. The van der Waals surface area contributed by atoms with Crippen molar-refractivity contribution in [1.82, 2.24) is 5.32 Å². The molecule has 0 aliphatic rings. The van der Waals surface area contributed by atoms with Crippen molar-refractivity contribution in [2.24, 2.45) is 5.73 Å². The number of benzene rings is 2. The van der Waals surface area contributed by atoms with E-state index in [4.69, 9.17) is 22.7 Å². The molecule has 33 heavy (non-hydrogen) atoms. The maximum absolute atomic E-state index is 13.4. The number of nitrogens with two attached hydrogens (primary N) is 1. The van der Waals surface area contributed by atoms with Crippen LogP contribution in [0, 0.1) is 0 Å². The molecule has 0 aliphatic heterocycles. The van der Waals surface area contributed by atoms with Gasteiger partial charge in [-0.1, -0.05) is 40.9 Å². The van der Waals surface area contributed by atoms with Gasteiger partial charge in [-0.3, -0.25) is 4.79 Å². The first-order valence-electron chi connectivity index (χ1n) is 9.02. The fraction of sp³-hybridized carbons (Fsp3) is 0.300. The number of carbonyl (C=O) groups is 1. The molecule has 2 aromatic rings. The van der Waals surface area contributed by atoms with E-state index >= 15 is 0 Å². The summed E-state index contributed by atoms with van der Waals surface area (Å²) in [6.07, 6.45) is -9.57. The van der Waals surface area contributed by atoms with Crippen molar-refractivity contribution in [2.75, 3.05) is 6.61 Å². The van der Waals surface area contributed by atoms with E-state index in [-0.39, 0.29) is 10.6 Å². The molecular formula is C20H17F6IN2O3S. The van der Waals surface area contributed by atoms with Gasteiger partial charge in [0.05, 0.1) is 5.56 Å². The number of alkyl halides is 7. The average molecular weight is 606 g/mol. The first-order valence-corrected chi connectivity index (χ1v) is 10.9. The van der Waals surface area contributed by atoms with Gasteiger partial charge in [-0.2, -0.15) is 13.2 Å². The summed E-state index contributed by atoms with van der Waals surface area (Å²) in [6, 6.07) is 7.60. The zero-order valence-electron chi connectivity index (χ0n) is 16.8. The van der Waals surface area contributed by atoms with Gasteiger partial charge in [-0.25, -0.2) is 0 Å². The van der Waals surface area contributed by atoms with Crippen molar-refractivity contribution in [2.45, 2.75) is 29.4 Å². The summed E-state index contributed by atoms with van der Waals surface area (Å²) in [6.45, 7) is 0.816. The molecule has 1 unspecified atom stereocenters. The van der Waals surface area contributed by atoms with E-state index in [0.29, 0.717) is 9.99 Å². The molecule has 2 rings (SSSR count). The van der Waals surface area contributed by atoms with E-state index in [1.807, 2.05) is 22.6 Å². The summed E-state index contributed by atoms with van der Waals surface area (Å²) in [5.41, 5.74) is 3.51. The Morgan fingerprint density at radius 1 is 1.09 bits per heavy atom. The highest BCUT2D eigenvalue weighted by Gasteiger charge is 2.37. The SMILES string of the molecule is CC(COc1ccc(CI)cc1C(F)(F)F)(NC(=O)c1ccc(OC(F)(F)F)cc1)C(N)=S. The Kier molecular flexibility index (Phi) is 8.43. The van der Waals surface area contributed by atoms with Crippen molar-refractivity contribution < 1.29 is 40.6 Å². The number of amides is 1. The van der Waals surface area contributed by atoms with Gasteiger partial charge in [-0.05, 0) is 48.9 Å². The van der Waals surface area contributed by atoms with Gasteiger partial charge in [0.2, 0.25) is 0 Å². The summed E-state index contributed by atoms with van der Waals surface area (Å²) in [4.78, 5) is 12.3. The molecule has 0 spiro atoms. The Balaban J connectivity index is 2.19. The number of ether oxygens (including phenoxy) is 2. The van der Waals surface area contributed by atoms with Crippen LogP contribution in [-0.2, 0) is 10.6 Å². The average Bonchev–Trinajstić information content (AvgIpc) is 2.70. The molecule has 0 radical (unpaired) electrons. The van der Waals surface area contributed by atoms with Gasteiger partial charge in [0.25, 0.3) is 5.91 Å². The van der Waals surface area contributed by atoms with Crippen LogP contribution in [0.15, 0.2) is 42.5 Å². The normalized spacial score (nSPS) is 13.7. The van der Waals surface area contributed by atoms with Crippen LogP contribution in [-0.4, -0.2) is 29.4 Å². The second-order valence-corrected chi connectivity index (χ2v) is 8.18. The Labute approximate surface area is 203 Å². The van der Waals surface area contributed by atoms with E-state index in [2.05, 4.69) is 10.1 Å². The lowest BCUT2D eigenvalue weighted by Gasteiger charge is -2.30. The minimum Gasteiger partial charge on any atom is -0.490 e. The van der Waals surface area contributed by atoms with Crippen LogP contribution in [0.3, 0.4) is 0 Å². The molecule has 2 aromatic carbocycles. The summed E-state index contributed by atoms with van der Waals surface area (Å²) >= 11 is 6.88. The maximum atomic E-state index is 13.4. The van der Waals surface area contributed by atoms with Crippen molar-refractivity contribution in [3.63, 3.8) is 0 Å². The van der Waals surface area contributed by atoms with Gasteiger partial charge in [-0.15, -0.1) is 13.2 Å². The minimum absolute atomic E-state index is 0.0608. The summed E-state index contributed by atoms with van der Waals surface area (Å²) in [5, 5.41) is 2.45. The van der Waals surface area contributed by atoms with Crippen LogP contribution in [0.1, 0.15) is 28.4 Å². The van der Waals surface area contributed by atoms with Crippen molar-refractivity contribution in [1.29, 1.82) is 0 Å². The van der Waals surface area contributed by atoms with Gasteiger partial charge >= 0.3 is 12.5 Å². The number of thiocarbonyl (C=S) groups is 1. The molecule has 180 valence electrons. The lowest BCUT2D eigenvalue weighted by atomic mass is 10.0. The Hall–Kier alpha value is -2.29. The topological polar surface area (TPSA) is 73.6 Å². The number of nitrogens with one attached hydrogen (secondary N) is 1. The molecule has 13 heteroatoms. The molecule has 0 heterocycles. The Bertz CT molecular complexity index is 1010. The Morgan fingerprint density at radius 3 is 2.18 bits per heavy atom. The summed E-state index contributed by atoms with van der Waals surface area (Å²) < 4.78 is 86.5. The highest BCUT2D eigenvalue weighted by molar-refractivity contribution is 14.1. The fourth-order valence-corrected chi connectivity index (χ4v) is 3.11. The molecule has 5 nitrogen and oxygen atoms in total. The predicted octanol–water partition coefficient (Wildman–Crippen LogP) is 5.39. The lowest BCUT2D eigenvalue weighted by Crippen LogP contribution is -2.58. The van der Waals surface area contributed by atoms with Crippen LogP contribution in [0.25, 0.3) is 0 Å². The molecule has 0 aliphatic carbocycles. The largest absolute Gasteiger partial charge is 0.573 e. The minimum atomic E-state index is -4.89. The van der Waals surface area contributed by atoms with E-state index in [9.17, 15) is 31.1 Å². The molecule has 3 N–H and O–H groups in total. The first kappa shape index (κ1) is 27.0.